The van der Waals surface area contributed by atoms with Crippen LogP contribution in [0.4, 0.5) is 5.69 Å². The van der Waals surface area contributed by atoms with Gasteiger partial charge in [-0.3, -0.25) is 4.99 Å². The Labute approximate surface area is 149 Å². The number of para-hydroxylation sites is 1. The van der Waals surface area contributed by atoms with Crippen molar-refractivity contribution in [1.29, 1.82) is 0 Å². The second-order valence-electron chi connectivity index (χ2n) is 4.79. The van der Waals surface area contributed by atoms with E-state index in [0.717, 1.165) is 18.5 Å². The van der Waals surface area contributed by atoms with Crippen LogP contribution >= 0.6 is 0 Å². The van der Waals surface area contributed by atoms with Crippen LogP contribution in [0.25, 0.3) is 5.57 Å². The normalized spacial score (nSPS) is 22.1. The van der Waals surface area contributed by atoms with Crippen molar-refractivity contribution in [1.82, 2.24) is 0 Å². The molecule has 0 saturated heterocycles. The van der Waals surface area contributed by atoms with E-state index in [0.29, 0.717) is 5.92 Å². The van der Waals surface area contributed by atoms with Crippen molar-refractivity contribution < 1.29 is 46.9 Å². The largest absolute Gasteiger partial charge is 0.320 e. The van der Waals surface area contributed by atoms with Gasteiger partial charge in [0, 0.05) is 52.5 Å². The Balaban J connectivity index is 0.00000162. The number of hydrogen-bond acceptors (Lipinski definition) is 1. The smallest absolute Gasteiger partial charge is 0.0702 e. The first-order valence-electron chi connectivity index (χ1n) is 6.32. The molecule has 104 valence electrons. The second kappa shape index (κ2) is 7.67. The van der Waals surface area contributed by atoms with Gasteiger partial charge in [0.1, 0.15) is 0 Å². The summed E-state index contributed by atoms with van der Waals surface area (Å²) in [6, 6.07) is 8.40. The molecule has 0 amide bonds. The molecule has 2 heteroatoms. The van der Waals surface area contributed by atoms with Crippen LogP contribution in [-0.4, -0.2) is 5.71 Å². The van der Waals surface area contributed by atoms with E-state index >= 15 is 0 Å². The maximum atomic E-state index is 4.82. The Kier molecular flexibility index (Phi) is 6.90. The zero-order valence-electron chi connectivity index (χ0n) is 11.2. The minimum absolute atomic E-state index is 0. The minimum atomic E-state index is 0. The summed E-state index contributed by atoms with van der Waals surface area (Å²) >= 11 is 0. The van der Waals surface area contributed by atoms with Gasteiger partial charge >= 0.3 is 0 Å². The summed E-state index contributed by atoms with van der Waals surface area (Å²) in [7, 11) is 0. The molecule has 0 heterocycles. The second-order valence-corrected chi connectivity index (χ2v) is 4.79. The molecule has 1 nitrogen and oxygen atoms in total. The molecule has 0 radical (unpaired) electrons. The number of allylic oxidation sites excluding steroid dienone is 2. The first kappa shape index (κ1) is 16.2. The van der Waals surface area contributed by atoms with Crippen molar-refractivity contribution in [3.05, 3.63) is 42.3 Å². The molecule has 0 spiro atoms. The van der Waals surface area contributed by atoms with Crippen LogP contribution in [0.3, 0.4) is 0 Å². The summed E-state index contributed by atoms with van der Waals surface area (Å²) in [6.45, 7) is 6.47. The Morgan fingerprint density at radius 2 is 2.11 bits per heavy atom. The first-order valence-corrected chi connectivity index (χ1v) is 6.32. The van der Waals surface area contributed by atoms with E-state index in [4.69, 9.17) is 4.99 Å². The third kappa shape index (κ3) is 4.08. The Bertz CT molecular complexity index is 460. The molecule has 1 aliphatic carbocycles. The fourth-order valence-electron chi connectivity index (χ4n) is 2.20. The third-order valence-electron chi connectivity index (χ3n) is 3.35. The van der Waals surface area contributed by atoms with Gasteiger partial charge in [0.25, 0.3) is 0 Å². The molecule has 1 atom stereocenters. The molecule has 2 rings (SSSR count). The third-order valence-corrected chi connectivity index (χ3v) is 3.35. The minimum Gasteiger partial charge on any atom is -0.320 e. The SMILES string of the molecule is C/C=C(/C)c1ccccc1N=C1C[CH-]C(C)C1.[Yb]. The van der Waals surface area contributed by atoms with Gasteiger partial charge in [0.05, 0.1) is 5.69 Å². The van der Waals surface area contributed by atoms with Crippen molar-refractivity contribution in [3.8, 4) is 0 Å². The van der Waals surface area contributed by atoms with Crippen molar-refractivity contribution in [2.24, 2.45) is 10.9 Å². The Morgan fingerprint density at radius 3 is 2.72 bits per heavy atom. The summed E-state index contributed by atoms with van der Waals surface area (Å²) < 4.78 is 0. The van der Waals surface area contributed by atoms with Crippen molar-refractivity contribution in [2.75, 3.05) is 0 Å². The van der Waals surface area contributed by atoms with E-state index in [2.05, 4.69) is 57.5 Å². The maximum Gasteiger partial charge on any atom is 0.0702 e. The monoisotopic (exact) mass is 400 g/mol. The number of hydrogen-bond donors (Lipinski definition) is 0. The molecule has 1 aromatic carbocycles. The topological polar surface area (TPSA) is 12.4 Å². The number of aliphatic imine (C=N–C) groups is 1. The summed E-state index contributed by atoms with van der Waals surface area (Å²) in [5.74, 6) is 0.684. The van der Waals surface area contributed by atoms with Crippen LogP contribution in [-0.2, 0) is 0 Å². The summed E-state index contributed by atoms with van der Waals surface area (Å²) in [6.07, 6.45) is 6.65. The van der Waals surface area contributed by atoms with Gasteiger partial charge < -0.3 is 6.42 Å². The van der Waals surface area contributed by atoms with Gasteiger partial charge in [-0.25, -0.2) is 0 Å². The fourth-order valence-corrected chi connectivity index (χ4v) is 2.20. The number of rotatable bonds is 2. The van der Waals surface area contributed by atoms with Crippen LogP contribution in [0.1, 0.15) is 39.2 Å². The van der Waals surface area contributed by atoms with E-state index < -0.39 is 0 Å². The number of benzene rings is 1. The van der Waals surface area contributed by atoms with E-state index in [9.17, 15) is 0 Å². The quantitative estimate of drug-likeness (QED) is 0.633. The van der Waals surface area contributed by atoms with Crippen LogP contribution < -0.4 is 0 Å². The molecule has 18 heavy (non-hydrogen) atoms. The summed E-state index contributed by atoms with van der Waals surface area (Å²) in [5, 5.41) is 0. The van der Waals surface area contributed by atoms with Gasteiger partial charge in [-0.1, -0.05) is 31.2 Å². The van der Waals surface area contributed by atoms with Crippen LogP contribution in [0.15, 0.2) is 35.3 Å². The molecular weight excluding hydrogens is 379 g/mol. The van der Waals surface area contributed by atoms with Gasteiger partial charge in [-0.15, -0.1) is 6.42 Å². The molecule has 1 aliphatic rings. The standard InChI is InChI=1S/C16H20N.Yb/c1-4-13(3)15-7-5-6-8-16(15)17-14-10-9-12(2)11-14;/h4-9,12H,10-11H2,1-3H3;/q-1;/b13-4-,17-14?;. The van der Waals surface area contributed by atoms with Crippen molar-refractivity contribution in [2.45, 2.75) is 33.6 Å². The number of nitrogens with zero attached hydrogens (tertiary/aromatic N) is 1. The van der Waals surface area contributed by atoms with E-state index in [1.165, 1.54) is 16.8 Å². The average Bonchev–Trinajstić information content (AvgIpc) is 2.74. The van der Waals surface area contributed by atoms with Gasteiger partial charge in [-0.05, 0) is 37.6 Å². The zero-order chi connectivity index (χ0) is 12.3. The molecule has 1 fully saturated rings. The molecular formula is C16H20NYb-. The molecule has 1 unspecified atom stereocenters. The van der Waals surface area contributed by atoms with Gasteiger partial charge in [0.2, 0.25) is 0 Å². The molecule has 0 bridgehead atoms. The first-order chi connectivity index (χ1) is 8.20. The zero-order valence-corrected chi connectivity index (χ0v) is 12.9. The van der Waals surface area contributed by atoms with Crippen LogP contribution in [0.2, 0.25) is 0 Å². The summed E-state index contributed by atoms with van der Waals surface area (Å²) in [4.78, 5) is 4.82. The average molecular weight is 399 g/mol. The molecule has 1 saturated carbocycles. The molecule has 1 aromatic rings. The van der Waals surface area contributed by atoms with Crippen molar-refractivity contribution >= 4 is 17.0 Å². The summed E-state index contributed by atoms with van der Waals surface area (Å²) in [5.41, 5.74) is 4.97. The predicted molar refractivity (Wildman–Crippen MR) is 75.6 cm³/mol. The molecule has 0 aliphatic heterocycles. The van der Waals surface area contributed by atoms with Crippen molar-refractivity contribution in [3.63, 3.8) is 0 Å². The molecule has 0 aromatic heterocycles. The van der Waals surface area contributed by atoms with Gasteiger partial charge in [-0.2, -0.15) is 5.92 Å². The van der Waals surface area contributed by atoms with E-state index in [-0.39, 0.29) is 46.9 Å². The van der Waals surface area contributed by atoms with E-state index in [1.807, 2.05) is 0 Å². The van der Waals surface area contributed by atoms with Crippen LogP contribution in [0.5, 0.6) is 0 Å². The fraction of sp³-hybridized carbons (Fsp3) is 0.375. The predicted octanol–water partition coefficient (Wildman–Crippen LogP) is 4.82. The van der Waals surface area contributed by atoms with E-state index in [1.54, 1.807) is 0 Å². The maximum absolute atomic E-state index is 4.82. The molecule has 0 N–H and O–H groups in total. The Hall–Kier alpha value is 0.149. The Morgan fingerprint density at radius 1 is 1.39 bits per heavy atom. The van der Waals surface area contributed by atoms with Crippen LogP contribution in [0, 0.1) is 59.3 Å². The van der Waals surface area contributed by atoms with Gasteiger partial charge in [0.15, 0.2) is 0 Å².